The lowest BCUT2D eigenvalue weighted by Gasteiger charge is -2.40. The highest BCUT2D eigenvalue weighted by Crippen LogP contribution is 2.28. The van der Waals surface area contributed by atoms with E-state index in [0.29, 0.717) is 17.9 Å². The van der Waals surface area contributed by atoms with E-state index in [2.05, 4.69) is 57.7 Å². The van der Waals surface area contributed by atoms with Crippen LogP contribution >= 0.6 is 0 Å². The van der Waals surface area contributed by atoms with Crippen LogP contribution in [-0.2, 0) is 4.74 Å². The van der Waals surface area contributed by atoms with Crippen molar-refractivity contribution in [3.63, 3.8) is 0 Å². The Morgan fingerprint density at radius 2 is 1.83 bits per heavy atom. The minimum absolute atomic E-state index is 0.323. The molecule has 0 radical (unpaired) electrons. The molecule has 176 valence electrons. The van der Waals surface area contributed by atoms with Crippen LogP contribution < -0.4 is 0 Å². The average Bonchev–Trinajstić information content (AvgIpc) is 2.76. The summed E-state index contributed by atoms with van der Waals surface area (Å²) >= 11 is 0. The van der Waals surface area contributed by atoms with Crippen molar-refractivity contribution in [2.45, 2.75) is 91.2 Å². The molecule has 3 nitrogen and oxygen atoms in total. The van der Waals surface area contributed by atoms with E-state index < -0.39 is 0 Å². The second-order valence-corrected chi connectivity index (χ2v) is 9.75. The Labute approximate surface area is 188 Å². The number of piperidine rings is 1. The number of rotatable bonds is 16. The highest BCUT2D eigenvalue weighted by molar-refractivity contribution is 5.09. The van der Waals surface area contributed by atoms with Gasteiger partial charge in [0.1, 0.15) is 0 Å². The number of methoxy groups -OCH3 is 1. The molecular weight excluding hydrogens is 368 g/mol. The molecule has 1 rings (SSSR count). The fourth-order valence-corrected chi connectivity index (χ4v) is 5.20. The third-order valence-electron chi connectivity index (χ3n) is 7.42. The van der Waals surface area contributed by atoms with Crippen molar-refractivity contribution in [2.75, 3.05) is 40.3 Å². The number of allylic oxidation sites excluding steroid dienone is 2. The summed E-state index contributed by atoms with van der Waals surface area (Å²) in [6, 6.07) is 0.743. The van der Waals surface area contributed by atoms with Gasteiger partial charge in [0.05, 0.1) is 6.10 Å². The van der Waals surface area contributed by atoms with Crippen LogP contribution in [0.2, 0.25) is 0 Å². The molecule has 0 N–H and O–H groups in total. The molecule has 0 aliphatic carbocycles. The number of ether oxygens (including phenoxy) is 1. The van der Waals surface area contributed by atoms with Gasteiger partial charge in [-0.3, -0.25) is 0 Å². The van der Waals surface area contributed by atoms with Gasteiger partial charge in [-0.15, -0.1) is 6.58 Å². The molecule has 3 unspecified atom stereocenters. The van der Waals surface area contributed by atoms with E-state index in [1.807, 2.05) is 13.2 Å². The van der Waals surface area contributed by atoms with Gasteiger partial charge >= 0.3 is 0 Å². The van der Waals surface area contributed by atoms with Crippen molar-refractivity contribution in [1.82, 2.24) is 9.80 Å². The summed E-state index contributed by atoms with van der Waals surface area (Å²) in [5.41, 5.74) is 1.28. The highest BCUT2D eigenvalue weighted by Gasteiger charge is 2.28. The average molecular weight is 421 g/mol. The summed E-state index contributed by atoms with van der Waals surface area (Å²) in [7, 11) is 4.22. The first-order valence-electron chi connectivity index (χ1n) is 12.6. The van der Waals surface area contributed by atoms with E-state index in [1.165, 1.54) is 70.3 Å². The molecule has 0 spiro atoms. The number of nitrogens with zero attached hydrogens (tertiary/aromatic N) is 2. The predicted octanol–water partition coefficient (Wildman–Crippen LogP) is 6.41. The third kappa shape index (κ3) is 9.24. The van der Waals surface area contributed by atoms with E-state index in [4.69, 9.17) is 4.74 Å². The number of hydrogen-bond donors (Lipinski definition) is 0. The first kappa shape index (κ1) is 27.4. The first-order valence-corrected chi connectivity index (χ1v) is 12.6. The minimum atomic E-state index is 0.323. The van der Waals surface area contributed by atoms with Crippen LogP contribution in [0.5, 0.6) is 0 Å². The Bertz CT molecular complexity index is 469. The lowest BCUT2D eigenvalue weighted by Crippen LogP contribution is -2.44. The maximum absolute atomic E-state index is 5.83. The summed E-state index contributed by atoms with van der Waals surface area (Å²) in [5.74, 6) is 1.72. The maximum atomic E-state index is 5.83. The molecule has 1 aliphatic rings. The second kappa shape index (κ2) is 15.2. The van der Waals surface area contributed by atoms with Crippen LogP contribution in [0, 0.1) is 17.8 Å². The lowest BCUT2D eigenvalue weighted by molar-refractivity contribution is 0.0659. The topological polar surface area (TPSA) is 15.7 Å². The summed E-state index contributed by atoms with van der Waals surface area (Å²) in [4.78, 5) is 5.32. The van der Waals surface area contributed by atoms with Crippen molar-refractivity contribution < 1.29 is 4.74 Å². The predicted molar refractivity (Wildman–Crippen MR) is 133 cm³/mol. The molecule has 0 aromatic heterocycles. The largest absolute Gasteiger partial charge is 0.381 e. The van der Waals surface area contributed by atoms with Gasteiger partial charge in [-0.1, -0.05) is 52.3 Å². The first-order chi connectivity index (χ1) is 14.4. The smallest absolute Gasteiger partial charge is 0.0577 e. The molecule has 0 aromatic rings. The fourth-order valence-electron chi connectivity index (χ4n) is 5.20. The molecule has 0 aromatic carbocycles. The molecule has 0 amide bonds. The standard InChI is InChI=1S/C27H52N2O/c1-9-13-27(25-15-19-29(17-10-2)20-16-25)28(7)18-12-14-26(30-8)21-23(5)24(6)22(4)11-3/h11,22-23,25-27H,3,6,9-10,12-21H2,1-2,4-5,7-8H3/t22?,23-,26?,27?/m1/s1. The molecule has 3 heteroatoms. The monoisotopic (exact) mass is 420 g/mol. The van der Waals surface area contributed by atoms with Crippen molar-refractivity contribution in [2.24, 2.45) is 17.8 Å². The zero-order valence-electron chi connectivity index (χ0n) is 21.2. The van der Waals surface area contributed by atoms with Gasteiger partial charge in [0, 0.05) is 13.2 Å². The highest BCUT2D eigenvalue weighted by atomic mass is 16.5. The lowest BCUT2D eigenvalue weighted by atomic mass is 9.85. The van der Waals surface area contributed by atoms with Crippen molar-refractivity contribution in [3.8, 4) is 0 Å². The molecule has 4 atom stereocenters. The van der Waals surface area contributed by atoms with E-state index in [0.717, 1.165) is 24.8 Å². The molecule has 1 fully saturated rings. The normalized spacial score (nSPS) is 20.1. The van der Waals surface area contributed by atoms with Crippen LogP contribution in [0.4, 0.5) is 0 Å². The molecule has 30 heavy (non-hydrogen) atoms. The van der Waals surface area contributed by atoms with E-state index in [9.17, 15) is 0 Å². The van der Waals surface area contributed by atoms with Crippen molar-refractivity contribution in [1.29, 1.82) is 0 Å². The maximum Gasteiger partial charge on any atom is 0.0577 e. The van der Waals surface area contributed by atoms with Crippen LogP contribution in [0.15, 0.2) is 24.8 Å². The van der Waals surface area contributed by atoms with Crippen molar-refractivity contribution >= 4 is 0 Å². The molecule has 0 bridgehead atoms. The SMILES string of the molecule is C=CC(C)C(=C)[C@H](C)CC(CCCN(C)C(CCC)C1CCN(CCC)CC1)OC. The summed E-state index contributed by atoms with van der Waals surface area (Å²) in [5, 5.41) is 0. The molecule has 1 heterocycles. The van der Waals surface area contributed by atoms with Gasteiger partial charge in [-0.05, 0) is 95.9 Å². The van der Waals surface area contributed by atoms with Crippen LogP contribution in [0.1, 0.15) is 79.1 Å². The van der Waals surface area contributed by atoms with Crippen molar-refractivity contribution in [3.05, 3.63) is 24.8 Å². The van der Waals surface area contributed by atoms with Gasteiger partial charge in [-0.25, -0.2) is 0 Å². The summed E-state index contributed by atoms with van der Waals surface area (Å²) < 4.78 is 5.83. The van der Waals surface area contributed by atoms with Gasteiger partial charge in [0.15, 0.2) is 0 Å². The molecule has 1 saturated heterocycles. The summed E-state index contributed by atoms with van der Waals surface area (Å²) in [6.45, 7) is 22.4. The van der Waals surface area contributed by atoms with Gasteiger partial charge in [0.25, 0.3) is 0 Å². The van der Waals surface area contributed by atoms with Crippen LogP contribution in [0.3, 0.4) is 0 Å². The molecule has 0 saturated carbocycles. The Balaban J connectivity index is 2.47. The van der Waals surface area contributed by atoms with E-state index in [1.54, 1.807) is 0 Å². The van der Waals surface area contributed by atoms with E-state index >= 15 is 0 Å². The summed E-state index contributed by atoms with van der Waals surface area (Å²) in [6.07, 6.45) is 12.4. The molecular formula is C27H52N2O. The van der Waals surface area contributed by atoms with Crippen LogP contribution in [0.25, 0.3) is 0 Å². The van der Waals surface area contributed by atoms with Gasteiger partial charge in [-0.2, -0.15) is 0 Å². The zero-order chi connectivity index (χ0) is 22.5. The number of hydrogen-bond acceptors (Lipinski definition) is 3. The second-order valence-electron chi connectivity index (χ2n) is 9.75. The van der Waals surface area contributed by atoms with E-state index in [-0.39, 0.29) is 0 Å². The Hall–Kier alpha value is -0.640. The van der Waals surface area contributed by atoms with Crippen LogP contribution in [-0.4, -0.2) is 62.3 Å². The third-order valence-corrected chi connectivity index (χ3v) is 7.42. The Morgan fingerprint density at radius 1 is 1.17 bits per heavy atom. The van der Waals surface area contributed by atoms with Gasteiger partial charge in [0.2, 0.25) is 0 Å². The van der Waals surface area contributed by atoms with Gasteiger partial charge < -0.3 is 14.5 Å². The minimum Gasteiger partial charge on any atom is -0.381 e. The number of likely N-dealkylation sites (tertiary alicyclic amines) is 1. The molecule has 1 aliphatic heterocycles. The Morgan fingerprint density at radius 3 is 2.37 bits per heavy atom. The zero-order valence-corrected chi connectivity index (χ0v) is 21.2. The quantitative estimate of drug-likeness (QED) is 0.268. The Kier molecular flexibility index (Phi) is 13.9. The fraction of sp³-hybridized carbons (Fsp3) is 0.852.